The number of para-hydroxylation sites is 2. The van der Waals surface area contributed by atoms with Crippen molar-refractivity contribution in [2.24, 2.45) is 0 Å². The Kier molecular flexibility index (Phi) is 2.58. The lowest BCUT2D eigenvalue weighted by molar-refractivity contribution is 0.367. The molecular weight excluding hydrogens is 262 g/mol. The van der Waals surface area contributed by atoms with E-state index in [1.54, 1.807) is 18.2 Å². The number of rotatable bonds is 0. The third kappa shape index (κ3) is 1.71. The highest BCUT2D eigenvalue weighted by atomic mass is 19.2. The van der Waals surface area contributed by atoms with Crippen LogP contribution < -0.4 is 10.1 Å². The van der Waals surface area contributed by atoms with Crippen LogP contribution in [0.2, 0.25) is 0 Å². The first-order chi connectivity index (χ1) is 9.09. The molecule has 0 fully saturated rings. The number of halogens is 4. The zero-order valence-electron chi connectivity index (χ0n) is 9.44. The molecule has 0 spiro atoms. The number of hydrogen-bond donors (Lipinski definition) is 1. The van der Waals surface area contributed by atoms with Crippen molar-refractivity contribution in [1.82, 2.24) is 0 Å². The number of ether oxygens (including phenoxy) is 1. The van der Waals surface area contributed by atoms with Crippen LogP contribution in [0.15, 0.2) is 24.3 Å². The van der Waals surface area contributed by atoms with Gasteiger partial charge in [0.05, 0.1) is 11.3 Å². The Balaban J connectivity index is 2.23. The average molecular weight is 269 g/mol. The Morgan fingerprint density at radius 3 is 2.37 bits per heavy atom. The zero-order chi connectivity index (χ0) is 13.6. The van der Waals surface area contributed by atoms with Crippen molar-refractivity contribution in [2.75, 3.05) is 5.32 Å². The van der Waals surface area contributed by atoms with Crippen LogP contribution >= 0.6 is 0 Å². The zero-order valence-corrected chi connectivity index (χ0v) is 9.44. The molecule has 0 saturated heterocycles. The van der Waals surface area contributed by atoms with Gasteiger partial charge in [0.25, 0.3) is 0 Å². The van der Waals surface area contributed by atoms with Crippen molar-refractivity contribution in [2.45, 2.75) is 6.54 Å². The van der Waals surface area contributed by atoms with E-state index < -0.39 is 29.0 Å². The lowest BCUT2D eigenvalue weighted by Gasteiger charge is -2.10. The lowest BCUT2D eigenvalue weighted by Crippen LogP contribution is -2.07. The van der Waals surface area contributed by atoms with Crippen LogP contribution in [0.1, 0.15) is 5.56 Å². The molecular formula is C13H7F4NO. The minimum absolute atomic E-state index is 0.202. The highest BCUT2D eigenvalue weighted by molar-refractivity contribution is 5.60. The second-order valence-corrected chi connectivity index (χ2v) is 4.02. The molecule has 1 aliphatic heterocycles. The monoisotopic (exact) mass is 269 g/mol. The van der Waals surface area contributed by atoms with E-state index in [0.717, 1.165) is 0 Å². The molecule has 1 aliphatic rings. The molecule has 0 unspecified atom stereocenters. The maximum Gasteiger partial charge on any atom is 0.204 e. The second kappa shape index (κ2) is 4.15. The molecule has 2 aromatic rings. The summed E-state index contributed by atoms with van der Waals surface area (Å²) in [4.78, 5) is 0. The van der Waals surface area contributed by atoms with E-state index in [-0.39, 0.29) is 17.9 Å². The van der Waals surface area contributed by atoms with Gasteiger partial charge in [0.15, 0.2) is 23.1 Å². The summed E-state index contributed by atoms with van der Waals surface area (Å²) < 4.78 is 58.8. The molecule has 1 heterocycles. The summed E-state index contributed by atoms with van der Waals surface area (Å²) >= 11 is 0. The molecule has 0 bridgehead atoms. The summed E-state index contributed by atoms with van der Waals surface area (Å²) in [6.07, 6.45) is 0. The molecule has 3 rings (SSSR count). The van der Waals surface area contributed by atoms with Crippen molar-refractivity contribution < 1.29 is 22.3 Å². The Morgan fingerprint density at radius 1 is 0.895 bits per heavy atom. The Hall–Kier alpha value is -2.24. The van der Waals surface area contributed by atoms with E-state index in [9.17, 15) is 17.6 Å². The molecule has 19 heavy (non-hydrogen) atoms. The lowest BCUT2D eigenvalue weighted by atomic mass is 10.1. The van der Waals surface area contributed by atoms with E-state index in [1.807, 2.05) is 0 Å². The van der Waals surface area contributed by atoms with Gasteiger partial charge in [0, 0.05) is 6.54 Å². The second-order valence-electron chi connectivity index (χ2n) is 4.02. The molecule has 1 N–H and O–H groups in total. The molecule has 0 amide bonds. The summed E-state index contributed by atoms with van der Waals surface area (Å²) in [6.45, 7) is -0.202. The molecule has 0 aromatic heterocycles. The van der Waals surface area contributed by atoms with Gasteiger partial charge in [-0.2, -0.15) is 4.39 Å². The summed E-state index contributed by atoms with van der Waals surface area (Å²) in [5.41, 5.74) is 0.103. The van der Waals surface area contributed by atoms with Crippen LogP contribution in [0.5, 0.6) is 11.5 Å². The summed E-state index contributed by atoms with van der Waals surface area (Å²) in [6, 6.07) is 6.46. The fourth-order valence-electron chi connectivity index (χ4n) is 1.92. The van der Waals surface area contributed by atoms with Crippen molar-refractivity contribution in [3.8, 4) is 11.5 Å². The molecule has 2 nitrogen and oxygen atoms in total. The normalized spacial score (nSPS) is 12.8. The molecule has 0 aliphatic carbocycles. The fraction of sp³-hybridized carbons (Fsp3) is 0.0769. The van der Waals surface area contributed by atoms with Gasteiger partial charge in [-0.05, 0) is 12.1 Å². The van der Waals surface area contributed by atoms with Crippen LogP contribution in [0, 0.1) is 23.3 Å². The van der Waals surface area contributed by atoms with Crippen LogP contribution in [-0.2, 0) is 6.54 Å². The number of fused-ring (bicyclic) bond motifs is 2. The Morgan fingerprint density at radius 2 is 1.58 bits per heavy atom. The number of benzene rings is 2. The van der Waals surface area contributed by atoms with Gasteiger partial charge in [0.2, 0.25) is 11.6 Å². The predicted octanol–water partition coefficient (Wildman–Crippen LogP) is 3.96. The number of nitrogens with one attached hydrogen (secondary N) is 1. The number of anilines is 1. The van der Waals surface area contributed by atoms with Crippen molar-refractivity contribution in [3.63, 3.8) is 0 Å². The first-order valence-corrected chi connectivity index (χ1v) is 5.45. The van der Waals surface area contributed by atoms with Crippen molar-refractivity contribution >= 4 is 5.69 Å². The summed E-state index contributed by atoms with van der Waals surface area (Å²) in [5.74, 6) is -7.12. The highest BCUT2D eigenvalue weighted by Gasteiger charge is 2.28. The first kappa shape index (κ1) is 11.8. The maximum atomic E-state index is 13.7. The van der Waals surface area contributed by atoms with E-state index in [1.165, 1.54) is 6.07 Å². The van der Waals surface area contributed by atoms with Gasteiger partial charge in [0.1, 0.15) is 0 Å². The highest BCUT2D eigenvalue weighted by Crippen LogP contribution is 2.39. The van der Waals surface area contributed by atoms with Gasteiger partial charge in [-0.1, -0.05) is 12.1 Å². The minimum Gasteiger partial charge on any atom is -0.452 e. The van der Waals surface area contributed by atoms with Gasteiger partial charge in [-0.3, -0.25) is 0 Å². The summed E-state index contributed by atoms with van der Waals surface area (Å²) in [5, 5.41) is 2.78. The van der Waals surface area contributed by atoms with E-state index in [2.05, 4.69) is 5.32 Å². The molecule has 2 aromatic carbocycles. The standard InChI is InChI=1S/C13H7F4NO/c14-9-6-5-18-7-3-1-2-4-8(7)19-13(6)12(17)11(16)10(9)15/h1-4,18H,5H2. The third-order valence-corrected chi connectivity index (χ3v) is 2.87. The van der Waals surface area contributed by atoms with E-state index >= 15 is 0 Å². The molecule has 0 radical (unpaired) electrons. The first-order valence-electron chi connectivity index (χ1n) is 5.45. The smallest absolute Gasteiger partial charge is 0.204 e. The van der Waals surface area contributed by atoms with Gasteiger partial charge in [-0.15, -0.1) is 0 Å². The van der Waals surface area contributed by atoms with Crippen LogP contribution in [0.3, 0.4) is 0 Å². The largest absolute Gasteiger partial charge is 0.452 e. The number of hydrogen-bond acceptors (Lipinski definition) is 2. The SMILES string of the molecule is Fc1c(F)c(F)c2c(c1F)CNc1ccccc1O2. The predicted molar refractivity (Wildman–Crippen MR) is 60.1 cm³/mol. The molecule has 0 atom stereocenters. The average Bonchev–Trinajstić information content (AvgIpc) is 2.62. The van der Waals surface area contributed by atoms with Gasteiger partial charge >= 0.3 is 0 Å². The van der Waals surface area contributed by atoms with Crippen LogP contribution in [-0.4, -0.2) is 0 Å². The quantitative estimate of drug-likeness (QED) is 0.444. The summed E-state index contributed by atoms with van der Waals surface area (Å²) in [7, 11) is 0. The van der Waals surface area contributed by atoms with E-state index in [4.69, 9.17) is 4.74 Å². The fourth-order valence-corrected chi connectivity index (χ4v) is 1.92. The van der Waals surface area contributed by atoms with Crippen LogP contribution in [0.25, 0.3) is 0 Å². The molecule has 98 valence electrons. The Labute approximate surface area is 105 Å². The minimum atomic E-state index is -1.88. The topological polar surface area (TPSA) is 21.3 Å². The third-order valence-electron chi connectivity index (χ3n) is 2.87. The molecule has 6 heteroatoms. The van der Waals surface area contributed by atoms with Crippen molar-refractivity contribution in [1.29, 1.82) is 0 Å². The van der Waals surface area contributed by atoms with Gasteiger partial charge < -0.3 is 10.1 Å². The molecule has 0 saturated carbocycles. The van der Waals surface area contributed by atoms with Crippen molar-refractivity contribution in [3.05, 3.63) is 53.1 Å². The van der Waals surface area contributed by atoms with Gasteiger partial charge in [-0.25, -0.2) is 13.2 Å². The Bertz CT molecular complexity index is 672. The van der Waals surface area contributed by atoms with Crippen LogP contribution in [0.4, 0.5) is 23.2 Å². The van der Waals surface area contributed by atoms with E-state index in [0.29, 0.717) is 5.69 Å². The maximum absolute atomic E-state index is 13.7.